The second kappa shape index (κ2) is 9.34. The minimum atomic E-state index is -0.240. The van der Waals surface area contributed by atoms with Gasteiger partial charge in [-0.2, -0.15) is 0 Å². The van der Waals surface area contributed by atoms with Gasteiger partial charge in [0.1, 0.15) is 12.4 Å². The van der Waals surface area contributed by atoms with Crippen LogP contribution in [0.1, 0.15) is 19.3 Å². The van der Waals surface area contributed by atoms with Crippen molar-refractivity contribution in [2.24, 2.45) is 0 Å². The third-order valence-electron chi connectivity index (χ3n) is 4.32. The molecule has 3 rings (SSSR count). The molecule has 0 aromatic heterocycles. The Morgan fingerprint density at radius 3 is 2.38 bits per heavy atom. The minimum Gasteiger partial charge on any atom is -0.492 e. The summed E-state index contributed by atoms with van der Waals surface area (Å²) in [6.45, 7) is 3.03. The zero-order chi connectivity index (χ0) is 18.2. The Kier molecular flexibility index (Phi) is 6.61. The molecule has 0 atom stereocenters. The minimum absolute atomic E-state index is 0.240. The fourth-order valence-electron chi connectivity index (χ4n) is 2.95. The number of ether oxygens (including phenoxy) is 1. The maximum Gasteiger partial charge on any atom is 0.319 e. The van der Waals surface area contributed by atoms with Gasteiger partial charge in [0.25, 0.3) is 0 Å². The van der Waals surface area contributed by atoms with E-state index in [0.717, 1.165) is 24.5 Å². The number of halogens is 1. The molecule has 0 aliphatic carbocycles. The maximum absolute atomic E-state index is 11.9. The lowest BCUT2D eigenvalue weighted by Crippen LogP contribution is -2.32. The maximum atomic E-state index is 11.9. The Morgan fingerprint density at radius 1 is 1.00 bits per heavy atom. The van der Waals surface area contributed by atoms with Crippen LogP contribution in [-0.2, 0) is 0 Å². The number of nitrogens with one attached hydrogen (secondary N) is 2. The van der Waals surface area contributed by atoms with E-state index in [2.05, 4.69) is 27.7 Å². The summed E-state index contributed by atoms with van der Waals surface area (Å²) in [7, 11) is 0. The van der Waals surface area contributed by atoms with E-state index in [1.165, 1.54) is 24.9 Å². The molecule has 0 unspecified atom stereocenters. The summed E-state index contributed by atoms with van der Waals surface area (Å²) in [4.78, 5) is 14.3. The molecular formula is C20H24ClN3O2. The molecule has 0 radical (unpaired) electrons. The van der Waals surface area contributed by atoms with E-state index in [1.54, 1.807) is 24.3 Å². The van der Waals surface area contributed by atoms with Crippen LogP contribution in [0.15, 0.2) is 48.5 Å². The number of urea groups is 1. The summed E-state index contributed by atoms with van der Waals surface area (Å²) < 4.78 is 5.54. The molecule has 1 aliphatic heterocycles. The number of anilines is 2. The largest absolute Gasteiger partial charge is 0.492 e. The van der Waals surface area contributed by atoms with Gasteiger partial charge in [0.15, 0.2) is 0 Å². The van der Waals surface area contributed by atoms with Crippen LogP contribution in [0.5, 0.6) is 5.75 Å². The summed E-state index contributed by atoms with van der Waals surface area (Å²) >= 11 is 5.82. The summed E-state index contributed by atoms with van der Waals surface area (Å²) in [5.74, 6) is 0.727. The van der Waals surface area contributed by atoms with Crippen LogP contribution in [0.2, 0.25) is 5.02 Å². The Labute approximate surface area is 159 Å². The van der Waals surface area contributed by atoms with Gasteiger partial charge in [0, 0.05) is 29.5 Å². The number of hydrogen-bond acceptors (Lipinski definition) is 3. The van der Waals surface area contributed by atoms with Crippen LogP contribution in [0, 0.1) is 0 Å². The third-order valence-corrected chi connectivity index (χ3v) is 4.57. The summed E-state index contributed by atoms with van der Waals surface area (Å²) in [6.07, 6.45) is 3.82. The van der Waals surface area contributed by atoms with E-state index < -0.39 is 0 Å². The van der Waals surface area contributed by atoms with Crippen molar-refractivity contribution in [3.05, 3.63) is 53.6 Å². The van der Waals surface area contributed by atoms with E-state index in [1.807, 2.05) is 12.1 Å². The van der Waals surface area contributed by atoms with E-state index >= 15 is 0 Å². The van der Waals surface area contributed by atoms with E-state index in [9.17, 15) is 4.79 Å². The zero-order valence-corrected chi connectivity index (χ0v) is 15.5. The smallest absolute Gasteiger partial charge is 0.319 e. The normalized spacial score (nSPS) is 14.0. The molecule has 5 nitrogen and oxygen atoms in total. The summed E-state index contributed by atoms with van der Waals surface area (Å²) in [6, 6.07) is 14.9. The molecular weight excluding hydrogens is 350 g/mol. The standard InChI is InChI=1S/C20H24ClN3O2/c21-16-4-10-19(11-5-16)26-15-12-22-20(25)23-17-6-8-18(9-7-17)24-13-2-1-3-14-24/h4-11H,1-3,12-15H2,(H2,22,23,25). The summed E-state index contributed by atoms with van der Waals surface area (Å²) in [5, 5.41) is 6.28. The van der Waals surface area contributed by atoms with Crippen LogP contribution in [0.4, 0.5) is 16.2 Å². The Morgan fingerprint density at radius 2 is 1.69 bits per heavy atom. The van der Waals surface area contributed by atoms with Crippen molar-refractivity contribution in [2.45, 2.75) is 19.3 Å². The first-order valence-corrected chi connectivity index (χ1v) is 9.37. The molecule has 2 N–H and O–H groups in total. The van der Waals surface area contributed by atoms with Gasteiger partial charge < -0.3 is 20.3 Å². The van der Waals surface area contributed by atoms with Crippen LogP contribution >= 0.6 is 11.6 Å². The molecule has 0 saturated carbocycles. The van der Waals surface area contributed by atoms with Crippen LogP contribution in [0.3, 0.4) is 0 Å². The lowest BCUT2D eigenvalue weighted by Gasteiger charge is -2.28. The first-order chi connectivity index (χ1) is 12.7. The monoisotopic (exact) mass is 373 g/mol. The second-order valence-corrected chi connectivity index (χ2v) is 6.71. The molecule has 1 aliphatic rings. The molecule has 0 spiro atoms. The predicted octanol–water partition coefficient (Wildman–Crippen LogP) is 4.53. The SMILES string of the molecule is O=C(NCCOc1ccc(Cl)cc1)Nc1ccc(N2CCCCC2)cc1. The van der Waals surface area contributed by atoms with E-state index in [4.69, 9.17) is 16.3 Å². The third kappa shape index (κ3) is 5.56. The van der Waals surface area contributed by atoms with Crippen molar-refractivity contribution in [3.8, 4) is 5.75 Å². The predicted molar refractivity (Wildman–Crippen MR) is 106 cm³/mol. The first-order valence-electron chi connectivity index (χ1n) is 8.99. The van der Waals surface area contributed by atoms with E-state index in [0.29, 0.717) is 18.2 Å². The average molecular weight is 374 g/mol. The highest BCUT2D eigenvalue weighted by Crippen LogP contribution is 2.21. The molecule has 138 valence electrons. The molecule has 1 saturated heterocycles. The van der Waals surface area contributed by atoms with Crippen molar-refractivity contribution in [1.82, 2.24) is 5.32 Å². The van der Waals surface area contributed by atoms with Gasteiger partial charge in [0.2, 0.25) is 0 Å². The number of piperidine rings is 1. The van der Waals surface area contributed by atoms with E-state index in [-0.39, 0.29) is 6.03 Å². The highest BCUT2D eigenvalue weighted by molar-refractivity contribution is 6.30. The molecule has 6 heteroatoms. The van der Waals surface area contributed by atoms with Crippen molar-refractivity contribution in [2.75, 3.05) is 36.5 Å². The zero-order valence-electron chi connectivity index (χ0n) is 14.7. The Balaban J connectivity index is 1.38. The van der Waals surface area contributed by atoms with Crippen molar-refractivity contribution in [1.29, 1.82) is 0 Å². The van der Waals surface area contributed by atoms with Crippen LogP contribution in [0.25, 0.3) is 0 Å². The molecule has 0 bridgehead atoms. The number of amides is 2. The highest BCUT2D eigenvalue weighted by atomic mass is 35.5. The number of rotatable bonds is 6. The fourth-order valence-corrected chi connectivity index (χ4v) is 3.07. The van der Waals surface area contributed by atoms with Gasteiger partial charge in [-0.3, -0.25) is 0 Å². The molecule has 2 aromatic rings. The number of carbonyl (C=O) groups excluding carboxylic acids is 1. The summed E-state index contributed by atoms with van der Waals surface area (Å²) in [5.41, 5.74) is 1.99. The van der Waals surface area contributed by atoms with Crippen LogP contribution in [-0.4, -0.2) is 32.3 Å². The Bertz CT molecular complexity index is 698. The first kappa shape index (κ1) is 18.4. The lowest BCUT2D eigenvalue weighted by molar-refractivity contribution is 0.247. The van der Waals surface area contributed by atoms with Crippen LogP contribution < -0.4 is 20.3 Å². The number of carbonyl (C=O) groups is 1. The molecule has 1 heterocycles. The average Bonchev–Trinajstić information content (AvgIpc) is 2.68. The quantitative estimate of drug-likeness (QED) is 0.731. The molecule has 26 heavy (non-hydrogen) atoms. The van der Waals surface area contributed by atoms with Gasteiger partial charge in [0.05, 0.1) is 6.54 Å². The van der Waals surface area contributed by atoms with Gasteiger partial charge in [-0.15, -0.1) is 0 Å². The second-order valence-electron chi connectivity index (χ2n) is 6.28. The van der Waals surface area contributed by atoms with Gasteiger partial charge in [-0.1, -0.05) is 11.6 Å². The highest BCUT2D eigenvalue weighted by Gasteiger charge is 2.10. The van der Waals surface area contributed by atoms with Gasteiger partial charge >= 0.3 is 6.03 Å². The molecule has 1 fully saturated rings. The number of nitrogens with zero attached hydrogens (tertiary/aromatic N) is 1. The fraction of sp³-hybridized carbons (Fsp3) is 0.350. The number of hydrogen-bond donors (Lipinski definition) is 2. The van der Waals surface area contributed by atoms with Crippen molar-refractivity contribution < 1.29 is 9.53 Å². The Hall–Kier alpha value is -2.40. The van der Waals surface area contributed by atoms with Crippen molar-refractivity contribution in [3.63, 3.8) is 0 Å². The van der Waals surface area contributed by atoms with Gasteiger partial charge in [-0.25, -0.2) is 4.79 Å². The number of benzene rings is 2. The molecule has 2 aromatic carbocycles. The molecule has 2 amide bonds. The van der Waals surface area contributed by atoms with Gasteiger partial charge in [-0.05, 0) is 67.8 Å². The van der Waals surface area contributed by atoms with Crippen molar-refractivity contribution >= 4 is 29.0 Å². The lowest BCUT2D eigenvalue weighted by atomic mass is 10.1. The topological polar surface area (TPSA) is 53.6 Å².